The molecule has 0 radical (unpaired) electrons. The molecule has 0 spiro atoms. The molecule has 4 N–H and O–H groups in total. The van der Waals surface area contributed by atoms with Gasteiger partial charge in [0.15, 0.2) is 0 Å². The molecule has 0 aromatic heterocycles. The molecule has 1 aromatic carbocycles. The minimum Gasteiger partial charge on any atom is -0.395 e. The topological polar surface area (TPSA) is 80.9 Å². The van der Waals surface area contributed by atoms with Crippen molar-refractivity contribution in [3.8, 4) is 0 Å². The maximum Gasteiger partial charge on any atom is 0.0918 e. The fourth-order valence-corrected chi connectivity index (χ4v) is 3.38. The fourth-order valence-electron chi connectivity index (χ4n) is 3.38. The molecule has 0 heterocycles. The molecule has 0 amide bonds. The highest BCUT2D eigenvalue weighted by atomic mass is 16.3. The van der Waals surface area contributed by atoms with E-state index in [1.54, 1.807) is 0 Å². The molecule has 138 valence electrons. The van der Waals surface area contributed by atoms with Gasteiger partial charge in [-0.1, -0.05) is 53.7 Å². The van der Waals surface area contributed by atoms with Crippen LogP contribution in [0.4, 0.5) is 0 Å². The summed E-state index contributed by atoms with van der Waals surface area (Å²) in [5.74, 6) is 0. The Bertz CT molecular complexity index is 552. The Morgan fingerprint density at radius 3 is 1.62 bits per heavy atom. The van der Waals surface area contributed by atoms with Crippen molar-refractivity contribution < 1.29 is 20.4 Å². The molecular weight excluding hydrogens is 304 g/mol. The van der Waals surface area contributed by atoms with E-state index in [1.165, 1.54) is 0 Å². The van der Waals surface area contributed by atoms with Crippen LogP contribution in [0.5, 0.6) is 0 Å². The average molecular weight is 338 g/mol. The first-order valence-corrected chi connectivity index (χ1v) is 8.51. The lowest BCUT2D eigenvalue weighted by Gasteiger charge is -2.40. The Morgan fingerprint density at radius 2 is 1.29 bits per heavy atom. The number of aryl methyl sites for hydroxylation is 1. The molecule has 0 saturated heterocycles. The van der Waals surface area contributed by atoms with E-state index in [1.807, 2.05) is 13.0 Å². The van der Waals surface area contributed by atoms with Gasteiger partial charge >= 0.3 is 0 Å². The summed E-state index contributed by atoms with van der Waals surface area (Å²) < 4.78 is 0. The predicted molar refractivity (Wildman–Crippen MR) is 97.2 cm³/mol. The summed E-state index contributed by atoms with van der Waals surface area (Å²) in [5, 5.41) is 40.5. The molecule has 0 fully saturated rings. The molecule has 0 bridgehead atoms. The first-order chi connectivity index (χ1) is 10.9. The highest BCUT2D eigenvalue weighted by Gasteiger charge is 2.42. The summed E-state index contributed by atoms with van der Waals surface area (Å²) in [4.78, 5) is 0. The van der Waals surface area contributed by atoms with E-state index in [2.05, 4.69) is 47.6 Å². The van der Waals surface area contributed by atoms with Crippen molar-refractivity contribution in [2.75, 3.05) is 19.8 Å². The average Bonchev–Trinajstić information content (AvgIpc) is 2.46. The fraction of sp³-hybridized carbons (Fsp3) is 0.700. The van der Waals surface area contributed by atoms with Gasteiger partial charge in [0.05, 0.1) is 31.3 Å². The van der Waals surface area contributed by atoms with Crippen LogP contribution in [0.15, 0.2) is 12.1 Å². The molecule has 0 aliphatic heterocycles. The Morgan fingerprint density at radius 1 is 0.833 bits per heavy atom. The molecule has 4 heteroatoms. The molecule has 1 unspecified atom stereocenters. The third-order valence-corrected chi connectivity index (χ3v) is 4.81. The molecule has 1 atom stereocenters. The van der Waals surface area contributed by atoms with Crippen LogP contribution in [0.25, 0.3) is 0 Å². The second-order valence-corrected chi connectivity index (χ2v) is 8.96. The minimum absolute atomic E-state index is 0.226. The third kappa shape index (κ3) is 3.83. The van der Waals surface area contributed by atoms with Gasteiger partial charge in [-0.3, -0.25) is 0 Å². The van der Waals surface area contributed by atoms with Gasteiger partial charge in [-0.2, -0.15) is 0 Å². The van der Waals surface area contributed by atoms with E-state index >= 15 is 0 Å². The van der Waals surface area contributed by atoms with Crippen molar-refractivity contribution in [1.82, 2.24) is 0 Å². The standard InChI is InChI=1S/C20H34O4/c1-13-8-9-14(18(2,3)4)15(16(13)19(5,6)7)17(24)20(10-21,11-22)12-23/h8-9,17,21-24H,10-12H2,1-7H3. The van der Waals surface area contributed by atoms with Crippen LogP contribution in [-0.2, 0) is 10.8 Å². The second-order valence-electron chi connectivity index (χ2n) is 8.96. The molecule has 24 heavy (non-hydrogen) atoms. The van der Waals surface area contributed by atoms with E-state index in [0.29, 0.717) is 5.56 Å². The third-order valence-electron chi connectivity index (χ3n) is 4.81. The van der Waals surface area contributed by atoms with Crippen molar-refractivity contribution >= 4 is 0 Å². The number of aliphatic hydroxyl groups excluding tert-OH is 4. The number of hydrogen-bond acceptors (Lipinski definition) is 4. The first kappa shape index (κ1) is 21.1. The van der Waals surface area contributed by atoms with Crippen LogP contribution < -0.4 is 0 Å². The lowest BCUT2D eigenvalue weighted by Crippen LogP contribution is -2.42. The maximum absolute atomic E-state index is 11.2. The van der Waals surface area contributed by atoms with Crippen LogP contribution in [0.3, 0.4) is 0 Å². The Hall–Kier alpha value is -0.940. The van der Waals surface area contributed by atoms with Gasteiger partial charge in [0.2, 0.25) is 0 Å². The van der Waals surface area contributed by atoms with Gasteiger partial charge in [0.1, 0.15) is 0 Å². The Labute approximate surface area is 146 Å². The zero-order valence-corrected chi connectivity index (χ0v) is 16.1. The highest BCUT2D eigenvalue weighted by molar-refractivity contribution is 5.49. The summed E-state index contributed by atoms with van der Waals surface area (Å²) in [6, 6.07) is 4.05. The highest BCUT2D eigenvalue weighted by Crippen LogP contribution is 2.44. The molecule has 0 aliphatic rings. The summed E-state index contributed by atoms with van der Waals surface area (Å²) >= 11 is 0. The molecule has 0 saturated carbocycles. The second kappa shape index (κ2) is 7.12. The normalized spacial score (nSPS) is 14.8. The van der Waals surface area contributed by atoms with Crippen LogP contribution >= 0.6 is 0 Å². The quantitative estimate of drug-likeness (QED) is 0.665. The Balaban J connectivity index is 3.85. The Kier molecular flexibility index (Phi) is 6.26. The number of rotatable bonds is 5. The first-order valence-electron chi connectivity index (χ1n) is 8.51. The van der Waals surface area contributed by atoms with E-state index in [-0.39, 0.29) is 10.8 Å². The van der Waals surface area contributed by atoms with E-state index in [4.69, 9.17) is 0 Å². The van der Waals surface area contributed by atoms with Crippen LogP contribution in [-0.4, -0.2) is 40.2 Å². The van der Waals surface area contributed by atoms with Crippen molar-refractivity contribution in [2.24, 2.45) is 5.41 Å². The van der Waals surface area contributed by atoms with Crippen LogP contribution in [0.1, 0.15) is 69.9 Å². The zero-order valence-electron chi connectivity index (χ0n) is 16.1. The molecule has 0 aliphatic carbocycles. The van der Waals surface area contributed by atoms with Gasteiger partial charge in [0, 0.05) is 0 Å². The zero-order chi connectivity index (χ0) is 18.9. The van der Waals surface area contributed by atoms with Gasteiger partial charge < -0.3 is 20.4 Å². The molecule has 1 aromatic rings. The van der Waals surface area contributed by atoms with E-state index in [9.17, 15) is 20.4 Å². The van der Waals surface area contributed by atoms with E-state index < -0.39 is 31.3 Å². The van der Waals surface area contributed by atoms with Gasteiger partial charge in [-0.15, -0.1) is 0 Å². The summed E-state index contributed by atoms with van der Waals surface area (Å²) in [6.07, 6.45) is -1.17. The van der Waals surface area contributed by atoms with Crippen molar-refractivity contribution in [3.63, 3.8) is 0 Å². The van der Waals surface area contributed by atoms with Crippen molar-refractivity contribution in [3.05, 3.63) is 34.4 Å². The van der Waals surface area contributed by atoms with Gasteiger partial charge in [-0.05, 0) is 40.0 Å². The SMILES string of the molecule is Cc1ccc(C(C)(C)C)c(C(O)C(CO)(CO)CO)c1C(C)(C)C. The van der Waals surface area contributed by atoms with Crippen LogP contribution in [0.2, 0.25) is 0 Å². The number of benzene rings is 1. The monoisotopic (exact) mass is 338 g/mol. The maximum atomic E-state index is 11.2. The molecular formula is C20H34O4. The van der Waals surface area contributed by atoms with Gasteiger partial charge in [-0.25, -0.2) is 0 Å². The van der Waals surface area contributed by atoms with Gasteiger partial charge in [0.25, 0.3) is 0 Å². The smallest absolute Gasteiger partial charge is 0.0918 e. The summed E-state index contributed by atoms with van der Waals surface area (Å²) in [5.41, 5.74) is 1.89. The molecule has 1 rings (SSSR count). The number of hydrogen-bond donors (Lipinski definition) is 4. The summed E-state index contributed by atoms with van der Waals surface area (Å²) in [7, 11) is 0. The lowest BCUT2D eigenvalue weighted by molar-refractivity contribution is -0.0863. The summed E-state index contributed by atoms with van der Waals surface area (Å²) in [6.45, 7) is 13.0. The van der Waals surface area contributed by atoms with Crippen LogP contribution in [0, 0.1) is 12.3 Å². The minimum atomic E-state index is -1.38. The van der Waals surface area contributed by atoms with E-state index in [0.717, 1.165) is 16.7 Å². The van der Waals surface area contributed by atoms with Crippen molar-refractivity contribution in [2.45, 2.75) is 65.4 Å². The number of aliphatic hydroxyl groups is 4. The lowest BCUT2D eigenvalue weighted by atomic mass is 9.68. The predicted octanol–water partition coefficient (Wildman–Crippen LogP) is 2.59. The largest absolute Gasteiger partial charge is 0.395 e. The van der Waals surface area contributed by atoms with Crippen molar-refractivity contribution in [1.29, 1.82) is 0 Å². The molecule has 4 nitrogen and oxygen atoms in total.